The van der Waals surface area contributed by atoms with Gasteiger partial charge in [0.25, 0.3) is 5.92 Å². The zero-order valence-electron chi connectivity index (χ0n) is 9.47. The van der Waals surface area contributed by atoms with Gasteiger partial charge in [-0.25, -0.2) is 8.78 Å². The van der Waals surface area contributed by atoms with Crippen LogP contribution in [0.15, 0.2) is 24.3 Å². The molecule has 1 fully saturated rings. The number of rotatable bonds is 3. The van der Waals surface area contributed by atoms with E-state index in [1.165, 1.54) is 12.1 Å². The van der Waals surface area contributed by atoms with E-state index in [9.17, 15) is 8.78 Å². The molecule has 0 amide bonds. The summed E-state index contributed by atoms with van der Waals surface area (Å²) in [6.07, 6.45) is 0.824. The highest BCUT2D eigenvalue weighted by molar-refractivity contribution is 5.25. The lowest BCUT2D eigenvalue weighted by Crippen LogP contribution is -2.20. The zero-order chi connectivity index (χ0) is 11.6. The Balaban J connectivity index is 2.07. The molecule has 1 heterocycles. The van der Waals surface area contributed by atoms with Gasteiger partial charge in [-0.15, -0.1) is 0 Å². The molecule has 3 heteroatoms. The monoisotopic (exact) mass is 225 g/mol. The fourth-order valence-electron chi connectivity index (χ4n) is 2.17. The first kappa shape index (κ1) is 11.5. The normalized spacial score (nSPS) is 21.3. The molecule has 0 bridgehead atoms. The average Bonchev–Trinajstić information content (AvgIpc) is 2.70. The minimum Gasteiger partial charge on any atom is -0.316 e. The topological polar surface area (TPSA) is 12.0 Å². The Morgan fingerprint density at radius 3 is 2.56 bits per heavy atom. The van der Waals surface area contributed by atoms with Crippen molar-refractivity contribution in [1.29, 1.82) is 0 Å². The Hall–Kier alpha value is -0.960. The van der Waals surface area contributed by atoms with E-state index in [-0.39, 0.29) is 17.9 Å². The van der Waals surface area contributed by atoms with Crippen LogP contribution in [-0.4, -0.2) is 13.1 Å². The van der Waals surface area contributed by atoms with Crippen LogP contribution in [0.2, 0.25) is 0 Å². The van der Waals surface area contributed by atoms with E-state index in [4.69, 9.17) is 0 Å². The molecule has 1 unspecified atom stereocenters. The number of aryl methyl sites for hydroxylation is 1. The quantitative estimate of drug-likeness (QED) is 0.833. The van der Waals surface area contributed by atoms with Crippen molar-refractivity contribution in [3.8, 4) is 0 Å². The van der Waals surface area contributed by atoms with Crippen LogP contribution >= 0.6 is 0 Å². The maximum Gasteiger partial charge on any atom is 0.273 e. The molecule has 2 rings (SSSR count). The summed E-state index contributed by atoms with van der Waals surface area (Å²) in [5.41, 5.74) is 1.16. The molecule has 16 heavy (non-hydrogen) atoms. The molecular weight excluding hydrogens is 208 g/mol. The second-order valence-corrected chi connectivity index (χ2v) is 4.63. The fourth-order valence-corrected chi connectivity index (χ4v) is 2.17. The molecule has 1 nitrogen and oxygen atoms in total. The van der Waals surface area contributed by atoms with Crippen molar-refractivity contribution < 1.29 is 8.78 Å². The van der Waals surface area contributed by atoms with Crippen molar-refractivity contribution in [1.82, 2.24) is 5.32 Å². The maximum atomic E-state index is 13.9. The number of nitrogens with one attached hydrogen (secondary N) is 1. The van der Waals surface area contributed by atoms with Gasteiger partial charge in [-0.3, -0.25) is 0 Å². The molecule has 0 spiro atoms. The Morgan fingerprint density at radius 2 is 2.00 bits per heavy atom. The van der Waals surface area contributed by atoms with Crippen LogP contribution in [-0.2, 0) is 5.92 Å². The molecule has 1 aliphatic heterocycles. The lowest BCUT2D eigenvalue weighted by molar-refractivity contribution is -0.0268. The lowest BCUT2D eigenvalue weighted by atomic mass is 9.95. The van der Waals surface area contributed by atoms with E-state index in [1.807, 2.05) is 6.92 Å². The van der Waals surface area contributed by atoms with E-state index in [0.29, 0.717) is 0 Å². The summed E-state index contributed by atoms with van der Waals surface area (Å²) in [6.45, 7) is 3.50. The molecule has 1 saturated heterocycles. The van der Waals surface area contributed by atoms with E-state index < -0.39 is 5.92 Å². The number of benzene rings is 1. The summed E-state index contributed by atoms with van der Waals surface area (Å²) in [4.78, 5) is 0. The van der Waals surface area contributed by atoms with Crippen molar-refractivity contribution in [3.05, 3.63) is 35.4 Å². The third-order valence-corrected chi connectivity index (χ3v) is 3.18. The van der Waals surface area contributed by atoms with Crippen LogP contribution in [0.3, 0.4) is 0 Å². The maximum absolute atomic E-state index is 13.9. The van der Waals surface area contributed by atoms with Gasteiger partial charge >= 0.3 is 0 Å². The van der Waals surface area contributed by atoms with Gasteiger partial charge in [-0.05, 0) is 32.4 Å². The third kappa shape index (κ3) is 2.59. The fraction of sp³-hybridized carbons (Fsp3) is 0.538. The van der Waals surface area contributed by atoms with Gasteiger partial charge in [0.15, 0.2) is 0 Å². The lowest BCUT2D eigenvalue weighted by Gasteiger charge is -2.20. The predicted molar refractivity (Wildman–Crippen MR) is 60.7 cm³/mol. The number of hydrogen-bond donors (Lipinski definition) is 1. The molecule has 1 N–H and O–H groups in total. The third-order valence-electron chi connectivity index (χ3n) is 3.18. The van der Waals surface area contributed by atoms with Crippen molar-refractivity contribution in [3.63, 3.8) is 0 Å². The van der Waals surface area contributed by atoms with Crippen LogP contribution in [0.1, 0.15) is 24.0 Å². The predicted octanol–water partition coefficient (Wildman–Crippen LogP) is 3.09. The van der Waals surface area contributed by atoms with E-state index >= 15 is 0 Å². The van der Waals surface area contributed by atoms with Gasteiger partial charge in [0, 0.05) is 12.0 Å². The number of halogens is 2. The summed E-state index contributed by atoms with van der Waals surface area (Å²) < 4.78 is 27.8. The van der Waals surface area contributed by atoms with Crippen LogP contribution in [0.4, 0.5) is 8.78 Å². The van der Waals surface area contributed by atoms with Crippen LogP contribution in [0, 0.1) is 12.8 Å². The molecule has 0 aliphatic carbocycles. The minimum absolute atomic E-state index is 0.0386. The summed E-state index contributed by atoms with van der Waals surface area (Å²) in [6, 6.07) is 6.57. The van der Waals surface area contributed by atoms with Gasteiger partial charge in [0.2, 0.25) is 0 Å². The Kier molecular flexibility index (Phi) is 3.24. The smallest absolute Gasteiger partial charge is 0.273 e. The van der Waals surface area contributed by atoms with Crippen LogP contribution < -0.4 is 5.32 Å². The summed E-state index contributed by atoms with van der Waals surface area (Å²) >= 11 is 0. The van der Waals surface area contributed by atoms with E-state index in [1.54, 1.807) is 12.1 Å². The van der Waals surface area contributed by atoms with Crippen molar-refractivity contribution in [2.75, 3.05) is 13.1 Å². The van der Waals surface area contributed by atoms with Gasteiger partial charge in [-0.1, -0.05) is 29.8 Å². The average molecular weight is 225 g/mol. The first-order valence-electron chi connectivity index (χ1n) is 5.73. The van der Waals surface area contributed by atoms with Gasteiger partial charge in [-0.2, -0.15) is 0 Å². The van der Waals surface area contributed by atoms with Gasteiger partial charge < -0.3 is 5.32 Å². The Morgan fingerprint density at radius 1 is 1.31 bits per heavy atom. The molecule has 1 aliphatic rings. The van der Waals surface area contributed by atoms with Crippen molar-refractivity contribution in [2.24, 2.45) is 5.92 Å². The standard InChI is InChI=1S/C13H17F2N/c1-10-2-4-12(5-3-10)13(14,15)8-11-6-7-16-9-11/h2-5,11,16H,6-9H2,1H3. The number of alkyl halides is 2. The zero-order valence-corrected chi connectivity index (χ0v) is 9.47. The molecule has 88 valence electrons. The van der Waals surface area contributed by atoms with E-state index in [0.717, 1.165) is 25.1 Å². The van der Waals surface area contributed by atoms with Gasteiger partial charge in [0.1, 0.15) is 0 Å². The molecule has 0 aromatic heterocycles. The molecular formula is C13H17F2N. The molecule has 1 atom stereocenters. The summed E-state index contributed by atoms with van der Waals surface area (Å²) in [5, 5.41) is 3.12. The summed E-state index contributed by atoms with van der Waals surface area (Å²) in [5.74, 6) is -2.58. The first-order chi connectivity index (χ1) is 7.58. The second kappa shape index (κ2) is 4.50. The molecule has 0 saturated carbocycles. The largest absolute Gasteiger partial charge is 0.316 e. The van der Waals surface area contributed by atoms with E-state index in [2.05, 4.69) is 5.32 Å². The molecule has 1 aromatic rings. The highest BCUT2D eigenvalue weighted by Gasteiger charge is 2.35. The highest BCUT2D eigenvalue weighted by Crippen LogP contribution is 2.36. The second-order valence-electron chi connectivity index (χ2n) is 4.63. The Bertz CT molecular complexity index is 339. The molecule has 1 aromatic carbocycles. The van der Waals surface area contributed by atoms with Crippen LogP contribution in [0.5, 0.6) is 0 Å². The molecule has 0 radical (unpaired) electrons. The number of hydrogen-bond acceptors (Lipinski definition) is 1. The highest BCUT2D eigenvalue weighted by atomic mass is 19.3. The van der Waals surface area contributed by atoms with Crippen molar-refractivity contribution in [2.45, 2.75) is 25.7 Å². The Labute approximate surface area is 94.9 Å². The minimum atomic E-state index is -2.69. The van der Waals surface area contributed by atoms with Crippen molar-refractivity contribution >= 4 is 0 Å². The van der Waals surface area contributed by atoms with Crippen LogP contribution in [0.25, 0.3) is 0 Å². The SMILES string of the molecule is Cc1ccc(C(F)(F)CC2CCNC2)cc1. The van der Waals surface area contributed by atoms with Gasteiger partial charge in [0.05, 0.1) is 0 Å². The first-order valence-corrected chi connectivity index (χ1v) is 5.73. The summed E-state index contributed by atoms with van der Waals surface area (Å²) in [7, 11) is 0.